The monoisotopic (exact) mass is 295 g/mol. The van der Waals surface area contributed by atoms with E-state index in [1.165, 1.54) is 6.42 Å². The highest BCUT2D eigenvalue weighted by molar-refractivity contribution is 5.90. The Balaban J connectivity index is 1.92. The number of hydrogen-bond donors (Lipinski definition) is 2. The second-order valence-corrected chi connectivity index (χ2v) is 6.46. The van der Waals surface area contributed by atoms with Crippen LogP contribution in [0.4, 0.5) is 0 Å². The molecule has 0 aromatic rings. The SMILES string of the molecule is CCC1(C(=O)NC(C)C(=O)N2CCCCC2)CCNCC1. The normalized spacial score (nSPS) is 23.4. The number of amides is 2. The van der Waals surface area contributed by atoms with Crippen molar-refractivity contribution in [1.82, 2.24) is 15.5 Å². The lowest BCUT2D eigenvalue weighted by molar-refractivity contribution is -0.140. The van der Waals surface area contributed by atoms with Gasteiger partial charge in [-0.2, -0.15) is 0 Å². The maximum absolute atomic E-state index is 12.6. The summed E-state index contributed by atoms with van der Waals surface area (Å²) in [6.45, 7) is 7.33. The summed E-state index contributed by atoms with van der Waals surface area (Å²) in [6.07, 6.45) is 5.93. The minimum Gasteiger partial charge on any atom is -0.344 e. The van der Waals surface area contributed by atoms with Crippen LogP contribution >= 0.6 is 0 Å². The van der Waals surface area contributed by atoms with Crippen molar-refractivity contribution in [3.63, 3.8) is 0 Å². The van der Waals surface area contributed by atoms with Gasteiger partial charge in [0.05, 0.1) is 5.41 Å². The van der Waals surface area contributed by atoms with Crippen LogP contribution in [0.1, 0.15) is 52.4 Å². The molecule has 5 nitrogen and oxygen atoms in total. The van der Waals surface area contributed by atoms with E-state index in [9.17, 15) is 9.59 Å². The average molecular weight is 295 g/mol. The van der Waals surface area contributed by atoms with Crippen LogP contribution in [-0.2, 0) is 9.59 Å². The molecule has 1 atom stereocenters. The molecule has 2 fully saturated rings. The molecule has 2 amide bonds. The minimum atomic E-state index is -0.408. The molecule has 2 saturated heterocycles. The molecule has 2 rings (SSSR count). The van der Waals surface area contributed by atoms with Gasteiger partial charge in [-0.05, 0) is 58.5 Å². The highest BCUT2D eigenvalue weighted by Crippen LogP contribution is 2.32. The first-order valence-electron chi connectivity index (χ1n) is 8.39. The summed E-state index contributed by atoms with van der Waals surface area (Å²) in [5.41, 5.74) is -0.290. The molecule has 2 N–H and O–H groups in total. The summed E-state index contributed by atoms with van der Waals surface area (Å²) >= 11 is 0. The maximum Gasteiger partial charge on any atom is 0.244 e. The Morgan fingerprint density at radius 1 is 1.19 bits per heavy atom. The largest absolute Gasteiger partial charge is 0.344 e. The van der Waals surface area contributed by atoms with Gasteiger partial charge >= 0.3 is 0 Å². The molecule has 2 aliphatic rings. The fraction of sp³-hybridized carbons (Fsp3) is 0.875. The molecular formula is C16H29N3O2. The molecule has 1 unspecified atom stereocenters. The van der Waals surface area contributed by atoms with Gasteiger partial charge in [0.2, 0.25) is 11.8 Å². The highest BCUT2D eigenvalue weighted by atomic mass is 16.2. The lowest BCUT2D eigenvalue weighted by atomic mass is 9.75. The van der Waals surface area contributed by atoms with Gasteiger partial charge in [0, 0.05) is 13.1 Å². The third kappa shape index (κ3) is 3.76. The molecule has 5 heteroatoms. The number of piperidine rings is 2. The Bertz CT molecular complexity index is 372. The van der Waals surface area contributed by atoms with Crippen LogP contribution in [0, 0.1) is 5.41 Å². The first-order valence-corrected chi connectivity index (χ1v) is 8.39. The standard InChI is InChI=1S/C16H29N3O2/c1-3-16(7-9-17-10-8-16)15(21)18-13(2)14(20)19-11-5-4-6-12-19/h13,17H,3-12H2,1-2H3,(H,18,21). The number of hydrogen-bond acceptors (Lipinski definition) is 3. The predicted octanol–water partition coefficient (Wildman–Crippen LogP) is 1.28. The van der Waals surface area contributed by atoms with Crippen LogP contribution < -0.4 is 10.6 Å². The quantitative estimate of drug-likeness (QED) is 0.821. The van der Waals surface area contributed by atoms with E-state index in [0.717, 1.165) is 58.3 Å². The summed E-state index contributed by atoms with van der Waals surface area (Å²) in [4.78, 5) is 26.9. The Labute approximate surface area is 127 Å². The average Bonchev–Trinajstić information content (AvgIpc) is 2.55. The van der Waals surface area contributed by atoms with E-state index < -0.39 is 6.04 Å². The van der Waals surface area contributed by atoms with E-state index in [-0.39, 0.29) is 17.2 Å². The Morgan fingerprint density at radius 3 is 2.38 bits per heavy atom. The number of nitrogens with zero attached hydrogens (tertiary/aromatic N) is 1. The summed E-state index contributed by atoms with van der Waals surface area (Å²) in [5, 5.41) is 6.28. The molecule has 2 heterocycles. The van der Waals surface area contributed by atoms with Gasteiger partial charge in [-0.3, -0.25) is 9.59 Å². The third-order valence-corrected chi connectivity index (χ3v) is 5.10. The lowest BCUT2D eigenvalue weighted by Crippen LogP contribution is -2.54. The Hall–Kier alpha value is -1.10. The topological polar surface area (TPSA) is 61.4 Å². The molecule has 0 saturated carbocycles. The second-order valence-electron chi connectivity index (χ2n) is 6.46. The van der Waals surface area contributed by atoms with Crippen molar-refractivity contribution in [2.45, 2.75) is 58.4 Å². The van der Waals surface area contributed by atoms with Crippen LogP contribution in [-0.4, -0.2) is 48.9 Å². The van der Waals surface area contributed by atoms with Crippen LogP contribution in [0.2, 0.25) is 0 Å². The van der Waals surface area contributed by atoms with Crippen LogP contribution in [0.15, 0.2) is 0 Å². The van der Waals surface area contributed by atoms with Crippen molar-refractivity contribution in [3.8, 4) is 0 Å². The molecule has 0 bridgehead atoms. The summed E-state index contributed by atoms with van der Waals surface area (Å²) < 4.78 is 0. The van der Waals surface area contributed by atoms with Gasteiger partial charge in [0.1, 0.15) is 6.04 Å². The van der Waals surface area contributed by atoms with E-state index in [4.69, 9.17) is 0 Å². The summed E-state index contributed by atoms with van der Waals surface area (Å²) in [7, 11) is 0. The Morgan fingerprint density at radius 2 is 1.81 bits per heavy atom. The number of carbonyl (C=O) groups excluding carboxylic acids is 2. The minimum absolute atomic E-state index is 0.0596. The van der Waals surface area contributed by atoms with E-state index in [1.54, 1.807) is 0 Å². The van der Waals surface area contributed by atoms with Gasteiger partial charge in [-0.1, -0.05) is 6.92 Å². The van der Waals surface area contributed by atoms with E-state index in [1.807, 2.05) is 11.8 Å². The second kappa shape index (κ2) is 7.25. The molecule has 0 aromatic heterocycles. The zero-order valence-electron chi connectivity index (χ0n) is 13.4. The zero-order chi connectivity index (χ0) is 15.3. The number of likely N-dealkylation sites (tertiary alicyclic amines) is 1. The van der Waals surface area contributed by atoms with Gasteiger partial charge < -0.3 is 15.5 Å². The third-order valence-electron chi connectivity index (χ3n) is 5.10. The maximum atomic E-state index is 12.6. The van der Waals surface area contributed by atoms with Crippen LogP contribution in [0.3, 0.4) is 0 Å². The molecule has 0 aromatic carbocycles. The lowest BCUT2D eigenvalue weighted by Gasteiger charge is -2.37. The molecule has 120 valence electrons. The fourth-order valence-corrected chi connectivity index (χ4v) is 3.45. The van der Waals surface area contributed by atoms with Crippen molar-refractivity contribution in [2.24, 2.45) is 5.41 Å². The molecule has 0 radical (unpaired) electrons. The predicted molar refractivity (Wildman–Crippen MR) is 82.9 cm³/mol. The molecule has 2 aliphatic heterocycles. The number of nitrogens with one attached hydrogen (secondary N) is 2. The van der Waals surface area contributed by atoms with E-state index in [0.29, 0.717) is 0 Å². The van der Waals surface area contributed by atoms with Crippen molar-refractivity contribution in [3.05, 3.63) is 0 Å². The first-order chi connectivity index (χ1) is 10.1. The first kappa shape index (κ1) is 16.3. The van der Waals surface area contributed by atoms with Gasteiger partial charge in [0.15, 0.2) is 0 Å². The zero-order valence-corrected chi connectivity index (χ0v) is 13.4. The fourth-order valence-electron chi connectivity index (χ4n) is 3.45. The van der Waals surface area contributed by atoms with E-state index in [2.05, 4.69) is 17.6 Å². The molecule has 21 heavy (non-hydrogen) atoms. The molecule has 0 aliphatic carbocycles. The number of rotatable bonds is 4. The van der Waals surface area contributed by atoms with Crippen molar-refractivity contribution >= 4 is 11.8 Å². The smallest absolute Gasteiger partial charge is 0.244 e. The highest BCUT2D eigenvalue weighted by Gasteiger charge is 2.39. The Kier molecular flexibility index (Phi) is 5.62. The van der Waals surface area contributed by atoms with E-state index >= 15 is 0 Å². The van der Waals surface area contributed by atoms with Gasteiger partial charge in [-0.15, -0.1) is 0 Å². The molecule has 0 spiro atoms. The van der Waals surface area contributed by atoms with Crippen LogP contribution in [0.25, 0.3) is 0 Å². The number of carbonyl (C=O) groups is 2. The summed E-state index contributed by atoms with van der Waals surface area (Å²) in [6, 6.07) is -0.408. The van der Waals surface area contributed by atoms with Gasteiger partial charge in [-0.25, -0.2) is 0 Å². The van der Waals surface area contributed by atoms with Crippen molar-refractivity contribution < 1.29 is 9.59 Å². The van der Waals surface area contributed by atoms with Gasteiger partial charge in [0.25, 0.3) is 0 Å². The summed E-state index contributed by atoms with van der Waals surface area (Å²) in [5.74, 6) is 0.132. The molecular weight excluding hydrogens is 266 g/mol. The van der Waals surface area contributed by atoms with Crippen molar-refractivity contribution in [2.75, 3.05) is 26.2 Å². The van der Waals surface area contributed by atoms with Crippen molar-refractivity contribution in [1.29, 1.82) is 0 Å². The van der Waals surface area contributed by atoms with Crippen LogP contribution in [0.5, 0.6) is 0 Å².